The second-order valence-corrected chi connectivity index (χ2v) is 6.23. The molecule has 0 aromatic heterocycles. The zero-order valence-electron chi connectivity index (χ0n) is 11.0. The SMILES string of the molecule is Cc1ccc(N2C(=O)[C@H]3[C@@H]4CC[C@@H](C4)[C@@H]3C2=O)cc1. The minimum absolute atomic E-state index is 0.0208. The molecular weight excluding hydrogens is 238 g/mol. The second kappa shape index (κ2) is 3.69. The lowest BCUT2D eigenvalue weighted by Crippen LogP contribution is -2.32. The monoisotopic (exact) mass is 255 g/mol. The van der Waals surface area contributed by atoms with Crippen LogP contribution in [0.2, 0.25) is 0 Å². The first-order valence-electron chi connectivity index (χ1n) is 7.11. The molecule has 1 aromatic rings. The molecule has 1 aromatic carbocycles. The average molecular weight is 255 g/mol. The highest BCUT2D eigenvalue weighted by molar-refractivity contribution is 6.22. The highest BCUT2D eigenvalue weighted by Gasteiger charge is 2.61. The highest BCUT2D eigenvalue weighted by atomic mass is 16.2. The summed E-state index contributed by atoms with van der Waals surface area (Å²) in [5.74, 6) is 0.973. The van der Waals surface area contributed by atoms with E-state index in [0.717, 1.165) is 30.5 Å². The van der Waals surface area contributed by atoms with Crippen LogP contribution in [0.3, 0.4) is 0 Å². The Labute approximate surface area is 112 Å². The van der Waals surface area contributed by atoms with E-state index < -0.39 is 0 Å². The first-order valence-corrected chi connectivity index (χ1v) is 7.11. The van der Waals surface area contributed by atoms with Crippen LogP contribution < -0.4 is 4.90 Å². The molecule has 3 aliphatic rings. The van der Waals surface area contributed by atoms with E-state index in [0.29, 0.717) is 11.8 Å². The molecule has 0 unspecified atom stereocenters. The van der Waals surface area contributed by atoms with Crippen LogP contribution in [0.5, 0.6) is 0 Å². The molecular formula is C16H17NO2. The van der Waals surface area contributed by atoms with Crippen molar-refractivity contribution in [3.63, 3.8) is 0 Å². The maximum atomic E-state index is 12.6. The van der Waals surface area contributed by atoms with Crippen molar-refractivity contribution in [2.24, 2.45) is 23.7 Å². The van der Waals surface area contributed by atoms with E-state index in [-0.39, 0.29) is 23.7 Å². The molecule has 1 aliphatic heterocycles. The van der Waals surface area contributed by atoms with Gasteiger partial charge in [0.15, 0.2) is 0 Å². The lowest BCUT2D eigenvalue weighted by atomic mass is 9.81. The Morgan fingerprint density at radius 2 is 1.47 bits per heavy atom. The molecule has 4 rings (SSSR count). The summed E-state index contributed by atoms with van der Waals surface area (Å²) in [4.78, 5) is 26.6. The van der Waals surface area contributed by atoms with Gasteiger partial charge in [0.2, 0.25) is 11.8 Å². The third-order valence-corrected chi connectivity index (χ3v) is 5.22. The van der Waals surface area contributed by atoms with Crippen LogP contribution in [0, 0.1) is 30.6 Å². The standard InChI is InChI=1S/C16H17NO2/c1-9-2-6-12(7-3-9)17-15(18)13-10-4-5-11(8-10)14(13)16(17)19/h2-3,6-7,10-11,13-14H,4-5,8H2,1H3/t10-,11+,13-,14-/m0/s1. The van der Waals surface area contributed by atoms with Gasteiger partial charge in [-0.25, -0.2) is 0 Å². The fourth-order valence-electron chi connectivity index (χ4n) is 4.36. The molecule has 1 saturated heterocycles. The predicted molar refractivity (Wildman–Crippen MR) is 71.5 cm³/mol. The molecule has 2 saturated carbocycles. The summed E-state index contributed by atoms with van der Waals surface area (Å²) in [7, 11) is 0. The molecule has 0 spiro atoms. The summed E-state index contributed by atoms with van der Waals surface area (Å²) in [6.45, 7) is 2.01. The molecule has 2 aliphatic carbocycles. The van der Waals surface area contributed by atoms with E-state index >= 15 is 0 Å². The molecule has 4 atom stereocenters. The van der Waals surface area contributed by atoms with Crippen molar-refractivity contribution < 1.29 is 9.59 Å². The number of hydrogen-bond acceptors (Lipinski definition) is 2. The van der Waals surface area contributed by atoms with E-state index in [4.69, 9.17) is 0 Å². The van der Waals surface area contributed by atoms with Crippen molar-refractivity contribution in [2.75, 3.05) is 4.90 Å². The summed E-state index contributed by atoms with van der Waals surface area (Å²) < 4.78 is 0. The van der Waals surface area contributed by atoms with Gasteiger partial charge in [0.1, 0.15) is 0 Å². The molecule has 1 heterocycles. The van der Waals surface area contributed by atoms with Gasteiger partial charge in [-0.2, -0.15) is 0 Å². The fourth-order valence-corrected chi connectivity index (χ4v) is 4.36. The number of aryl methyl sites for hydroxylation is 1. The van der Waals surface area contributed by atoms with Crippen molar-refractivity contribution >= 4 is 17.5 Å². The molecule has 19 heavy (non-hydrogen) atoms. The molecule has 3 heteroatoms. The normalized spacial score (nSPS) is 36.2. The predicted octanol–water partition coefficient (Wildman–Crippen LogP) is 2.53. The third-order valence-electron chi connectivity index (χ3n) is 5.22. The number of carbonyl (C=O) groups is 2. The quantitative estimate of drug-likeness (QED) is 0.723. The van der Waals surface area contributed by atoms with Crippen LogP contribution in [0.15, 0.2) is 24.3 Å². The van der Waals surface area contributed by atoms with Crippen LogP contribution in [0.25, 0.3) is 0 Å². The molecule has 0 N–H and O–H groups in total. The largest absolute Gasteiger partial charge is 0.274 e. The van der Waals surface area contributed by atoms with Gasteiger partial charge in [0, 0.05) is 0 Å². The molecule has 2 bridgehead atoms. The van der Waals surface area contributed by atoms with E-state index in [1.807, 2.05) is 31.2 Å². The summed E-state index contributed by atoms with van der Waals surface area (Å²) >= 11 is 0. The minimum atomic E-state index is -0.0208. The van der Waals surface area contributed by atoms with Gasteiger partial charge in [0.25, 0.3) is 0 Å². The Morgan fingerprint density at radius 3 is 2.00 bits per heavy atom. The summed E-state index contributed by atoms with van der Waals surface area (Å²) in [6.07, 6.45) is 3.35. The summed E-state index contributed by atoms with van der Waals surface area (Å²) in [5, 5.41) is 0. The number of carbonyl (C=O) groups excluding carboxylic acids is 2. The maximum Gasteiger partial charge on any atom is 0.237 e. The Kier molecular flexibility index (Phi) is 2.17. The Bertz CT molecular complexity index is 535. The second-order valence-electron chi connectivity index (χ2n) is 6.23. The lowest BCUT2D eigenvalue weighted by molar-refractivity contribution is -0.123. The van der Waals surface area contributed by atoms with Gasteiger partial charge in [0.05, 0.1) is 17.5 Å². The molecule has 3 nitrogen and oxygen atoms in total. The minimum Gasteiger partial charge on any atom is -0.274 e. The van der Waals surface area contributed by atoms with Gasteiger partial charge in [-0.05, 0) is 50.2 Å². The van der Waals surface area contributed by atoms with Gasteiger partial charge >= 0.3 is 0 Å². The summed E-state index contributed by atoms with van der Waals surface area (Å²) in [5.41, 5.74) is 1.89. The van der Waals surface area contributed by atoms with Crippen molar-refractivity contribution in [3.05, 3.63) is 29.8 Å². The van der Waals surface area contributed by atoms with Crippen LogP contribution in [0.1, 0.15) is 24.8 Å². The van der Waals surface area contributed by atoms with Crippen LogP contribution in [-0.2, 0) is 9.59 Å². The van der Waals surface area contributed by atoms with Gasteiger partial charge in [-0.1, -0.05) is 17.7 Å². The van der Waals surface area contributed by atoms with Gasteiger partial charge < -0.3 is 0 Å². The highest BCUT2D eigenvalue weighted by Crippen LogP contribution is 2.56. The average Bonchev–Trinajstić information content (AvgIpc) is 3.06. The Balaban J connectivity index is 1.73. The van der Waals surface area contributed by atoms with Crippen LogP contribution in [0.4, 0.5) is 5.69 Å². The van der Waals surface area contributed by atoms with Crippen molar-refractivity contribution in [1.29, 1.82) is 0 Å². The first-order chi connectivity index (χ1) is 9.16. The number of anilines is 1. The Morgan fingerprint density at radius 1 is 0.947 bits per heavy atom. The first kappa shape index (κ1) is 11.2. The van der Waals surface area contributed by atoms with E-state index in [9.17, 15) is 9.59 Å². The van der Waals surface area contributed by atoms with E-state index in [2.05, 4.69) is 0 Å². The molecule has 2 amide bonds. The van der Waals surface area contributed by atoms with Crippen LogP contribution in [-0.4, -0.2) is 11.8 Å². The number of benzene rings is 1. The number of imide groups is 1. The molecule has 3 fully saturated rings. The number of rotatable bonds is 1. The number of nitrogens with zero attached hydrogens (tertiary/aromatic N) is 1. The topological polar surface area (TPSA) is 37.4 Å². The van der Waals surface area contributed by atoms with E-state index in [1.54, 1.807) is 0 Å². The zero-order chi connectivity index (χ0) is 13.1. The van der Waals surface area contributed by atoms with Gasteiger partial charge in [-0.15, -0.1) is 0 Å². The fraction of sp³-hybridized carbons (Fsp3) is 0.500. The molecule has 98 valence electrons. The summed E-state index contributed by atoms with van der Waals surface area (Å²) in [6, 6.07) is 7.68. The van der Waals surface area contributed by atoms with Crippen molar-refractivity contribution in [2.45, 2.75) is 26.2 Å². The van der Waals surface area contributed by atoms with Crippen molar-refractivity contribution in [3.8, 4) is 0 Å². The maximum absolute atomic E-state index is 12.6. The van der Waals surface area contributed by atoms with Crippen molar-refractivity contribution in [1.82, 2.24) is 0 Å². The smallest absolute Gasteiger partial charge is 0.237 e. The zero-order valence-corrected chi connectivity index (χ0v) is 11.0. The Hall–Kier alpha value is -1.64. The third kappa shape index (κ3) is 1.38. The molecule has 0 radical (unpaired) electrons. The number of amides is 2. The lowest BCUT2D eigenvalue weighted by Gasteiger charge is -2.19. The van der Waals surface area contributed by atoms with E-state index in [1.165, 1.54) is 4.90 Å². The number of fused-ring (bicyclic) bond motifs is 5. The van der Waals surface area contributed by atoms with Gasteiger partial charge in [-0.3, -0.25) is 14.5 Å². The van der Waals surface area contributed by atoms with Crippen LogP contribution >= 0.6 is 0 Å². The number of hydrogen-bond donors (Lipinski definition) is 0.